The number of carbonyl (C=O) groups excluding carboxylic acids is 1. The topological polar surface area (TPSA) is 48.4 Å². The zero-order chi connectivity index (χ0) is 12.4. The molecule has 0 saturated carbocycles. The molecule has 0 spiro atoms. The van der Waals surface area contributed by atoms with Gasteiger partial charge in [0.15, 0.2) is 5.78 Å². The van der Waals surface area contributed by atoms with Crippen molar-refractivity contribution in [2.24, 2.45) is 0 Å². The van der Waals surface area contributed by atoms with E-state index in [9.17, 15) is 4.79 Å². The second-order valence-electron chi connectivity index (χ2n) is 4.21. The summed E-state index contributed by atoms with van der Waals surface area (Å²) in [5, 5.41) is 1.87. The minimum absolute atomic E-state index is 0.0565. The van der Waals surface area contributed by atoms with Gasteiger partial charge in [-0.05, 0) is 5.39 Å². The first-order chi connectivity index (χ1) is 8.86. The fourth-order valence-corrected chi connectivity index (χ4v) is 2.13. The number of ketones is 1. The number of nitrogens with zero attached hydrogens (tertiary/aromatic N) is 1. The standard InChI is InChI=1S/C14H13NO3/c16-14(13-9-17-5-6-18-13)12-8-15-7-10-3-1-2-4-11(10)12/h1-4,7-8,13H,5-6,9H2. The van der Waals surface area contributed by atoms with Crippen LogP contribution in [0.3, 0.4) is 0 Å². The highest BCUT2D eigenvalue weighted by Gasteiger charge is 2.25. The molecular formula is C14H13NO3. The Hall–Kier alpha value is -1.78. The summed E-state index contributed by atoms with van der Waals surface area (Å²) in [5.41, 5.74) is 0.601. The third-order valence-corrected chi connectivity index (χ3v) is 3.04. The average molecular weight is 243 g/mol. The Morgan fingerprint density at radius 2 is 2.11 bits per heavy atom. The van der Waals surface area contributed by atoms with Gasteiger partial charge in [0.25, 0.3) is 0 Å². The van der Waals surface area contributed by atoms with Crippen molar-refractivity contribution in [3.05, 3.63) is 42.2 Å². The number of Topliss-reactive ketones (excluding diaryl/α,β-unsaturated/α-hetero) is 1. The molecule has 2 aromatic rings. The highest BCUT2D eigenvalue weighted by Crippen LogP contribution is 2.20. The lowest BCUT2D eigenvalue weighted by atomic mass is 10.0. The number of aromatic nitrogens is 1. The zero-order valence-corrected chi connectivity index (χ0v) is 9.83. The Labute approximate surface area is 105 Å². The number of hydrogen-bond acceptors (Lipinski definition) is 4. The third kappa shape index (κ3) is 2.00. The van der Waals surface area contributed by atoms with Gasteiger partial charge >= 0.3 is 0 Å². The molecule has 1 aliphatic heterocycles. The van der Waals surface area contributed by atoms with Crippen molar-refractivity contribution in [1.82, 2.24) is 4.98 Å². The average Bonchev–Trinajstić information content (AvgIpc) is 2.47. The molecule has 2 heterocycles. The highest BCUT2D eigenvalue weighted by atomic mass is 16.6. The Kier molecular flexibility index (Phi) is 3.04. The summed E-state index contributed by atoms with van der Waals surface area (Å²) in [6, 6.07) is 7.71. The molecule has 3 rings (SSSR count). The Bertz CT molecular complexity index is 571. The lowest BCUT2D eigenvalue weighted by Gasteiger charge is -2.22. The predicted molar refractivity (Wildman–Crippen MR) is 66.6 cm³/mol. The Morgan fingerprint density at radius 1 is 1.22 bits per heavy atom. The summed E-state index contributed by atoms with van der Waals surface area (Å²) in [6.45, 7) is 1.34. The van der Waals surface area contributed by atoms with Crippen LogP contribution in [-0.4, -0.2) is 36.7 Å². The van der Waals surface area contributed by atoms with Gasteiger partial charge < -0.3 is 9.47 Å². The van der Waals surface area contributed by atoms with Gasteiger partial charge in [-0.15, -0.1) is 0 Å². The number of benzene rings is 1. The molecule has 0 N–H and O–H groups in total. The van der Waals surface area contributed by atoms with E-state index in [1.807, 2.05) is 24.3 Å². The van der Waals surface area contributed by atoms with Gasteiger partial charge in [0.05, 0.1) is 19.8 Å². The molecule has 1 aliphatic rings. The minimum Gasteiger partial charge on any atom is -0.376 e. The van der Waals surface area contributed by atoms with E-state index in [1.54, 1.807) is 12.4 Å². The van der Waals surface area contributed by atoms with E-state index in [-0.39, 0.29) is 5.78 Å². The van der Waals surface area contributed by atoms with E-state index < -0.39 is 6.10 Å². The largest absolute Gasteiger partial charge is 0.376 e. The first-order valence-electron chi connectivity index (χ1n) is 5.92. The van der Waals surface area contributed by atoms with E-state index in [0.29, 0.717) is 25.4 Å². The molecule has 1 saturated heterocycles. The molecule has 1 fully saturated rings. The lowest BCUT2D eigenvalue weighted by molar-refractivity contribution is -0.0718. The first kappa shape index (κ1) is 11.3. The van der Waals surface area contributed by atoms with Crippen LogP contribution in [0.5, 0.6) is 0 Å². The first-order valence-corrected chi connectivity index (χ1v) is 5.92. The van der Waals surface area contributed by atoms with E-state index in [4.69, 9.17) is 9.47 Å². The number of rotatable bonds is 2. The molecule has 92 valence electrons. The van der Waals surface area contributed by atoms with Crippen molar-refractivity contribution in [2.45, 2.75) is 6.10 Å². The molecule has 4 heteroatoms. The van der Waals surface area contributed by atoms with Crippen LogP contribution >= 0.6 is 0 Å². The van der Waals surface area contributed by atoms with Crippen LogP contribution in [0, 0.1) is 0 Å². The zero-order valence-electron chi connectivity index (χ0n) is 9.83. The summed E-state index contributed by atoms with van der Waals surface area (Å²) in [4.78, 5) is 16.5. The van der Waals surface area contributed by atoms with E-state index in [1.165, 1.54) is 0 Å². The summed E-state index contributed by atoms with van der Waals surface area (Å²) in [5.74, 6) is -0.0565. The molecule has 0 amide bonds. The predicted octanol–water partition coefficient (Wildman–Crippen LogP) is 1.83. The monoisotopic (exact) mass is 243 g/mol. The van der Waals surface area contributed by atoms with Crippen LogP contribution in [0.2, 0.25) is 0 Å². The van der Waals surface area contributed by atoms with Crippen molar-refractivity contribution >= 4 is 16.6 Å². The smallest absolute Gasteiger partial charge is 0.196 e. The van der Waals surface area contributed by atoms with Gasteiger partial charge in [-0.2, -0.15) is 0 Å². The summed E-state index contributed by atoms with van der Waals surface area (Å²) in [7, 11) is 0. The van der Waals surface area contributed by atoms with Crippen molar-refractivity contribution in [3.63, 3.8) is 0 Å². The van der Waals surface area contributed by atoms with E-state index in [2.05, 4.69) is 4.98 Å². The Balaban J connectivity index is 2.00. The molecule has 1 atom stereocenters. The van der Waals surface area contributed by atoms with Crippen LogP contribution < -0.4 is 0 Å². The van der Waals surface area contributed by atoms with E-state index in [0.717, 1.165) is 10.8 Å². The van der Waals surface area contributed by atoms with Crippen LogP contribution in [-0.2, 0) is 9.47 Å². The summed E-state index contributed by atoms with van der Waals surface area (Å²) >= 11 is 0. The molecule has 1 aromatic heterocycles. The van der Waals surface area contributed by atoms with Crippen molar-refractivity contribution in [2.75, 3.05) is 19.8 Å². The van der Waals surface area contributed by atoms with Gasteiger partial charge in [0, 0.05) is 23.3 Å². The maximum atomic E-state index is 12.4. The third-order valence-electron chi connectivity index (χ3n) is 3.04. The summed E-state index contributed by atoms with van der Waals surface area (Å²) in [6.07, 6.45) is 2.85. The number of fused-ring (bicyclic) bond motifs is 1. The van der Waals surface area contributed by atoms with Crippen LogP contribution in [0.1, 0.15) is 10.4 Å². The SMILES string of the molecule is O=C(c1cncc2ccccc12)C1COCCO1. The number of ether oxygens (including phenoxy) is 2. The molecule has 0 radical (unpaired) electrons. The molecule has 0 bridgehead atoms. The normalized spacial score (nSPS) is 19.9. The second kappa shape index (κ2) is 4.84. The van der Waals surface area contributed by atoms with E-state index >= 15 is 0 Å². The number of pyridine rings is 1. The second-order valence-corrected chi connectivity index (χ2v) is 4.21. The fourth-order valence-electron chi connectivity index (χ4n) is 2.13. The van der Waals surface area contributed by atoms with Crippen LogP contribution in [0.15, 0.2) is 36.7 Å². The maximum Gasteiger partial charge on any atom is 0.196 e. The highest BCUT2D eigenvalue weighted by molar-refractivity contribution is 6.09. The van der Waals surface area contributed by atoms with Crippen molar-refractivity contribution < 1.29 is 14.3 Å². The van der Waals surface area contributed by atoms with Gasteiger partial charge in [-0.3, -0.25) is 9.78 Å². The van der Waals surface area contributed by atoms with Crippen LogP contribution in [0.25, 0.3) is 10.8 Å². The number of carbonyl (C=O) groups is 1. The van der Waals surface area contributed by atoms with Gasteiger partial charge in [0.2, 0.25) is 0 Å². The maximum absolute atomic E-state index is 12.4. The molecule has 0 aliphatic carbocycles. The van der Waals surface area contributed by atoms with Gasteiger partial charge in [-0.25, -0.2) is 0 Å². The quantitative estimate of drug-likeness (QED) is 0.755. The van der Waals surface area contributed by atoms with Gasteiger partial charge in [0.1, 0.15) is 6.10 Å². The molecule has 4 nitrogen and oxygen atoms in total. The Morgan fingerprint density at radius 3 is 2.94 bits per heavy atom. The fraction of sp³-hybridized carbons (Fsp3) is 0.286. The molecule has 1 unspecified atom stereocenters. The van der Waals surface area contributed by atoms with Crippen LogP contribution in [0.4, 0.5) is 0 Å². The van der Waals surface area contributed by atoms with Crippen molar-refractivity contribution in [1.29, 1.82) is 0 Å². The lowest BCUT2D eigenvalue weighted by Crippen LogP contribution is -2.35. The summed E-state index contributed by atoms with van der Waals surface area (Å²) < 4.78 is 10.7. The molecule has 1 aromatic carbocycles. The minimum atomic E-state index is -0.508. The van der Waals surface area contributed by atoms with Gasteiger partial charge in [-0.1, -0.05) is 24.3 Å². The molecule has 18 heavy (non-hydrogen) atoms. The molecular weight excluding hydrogens is 230 g/mol. The number of hydrogen-bond donors (Lipinski definition) is 0. The van der Waals surface area contributed by atoms with Crippen molar-refractivity contribution in [3.8, 4) is 0 Å².